The largest absolute Gasteiger partial charge is 0.320 e. The molecule has 1 N–H and O–H groups in total. The average molecular weight is 244 g/mol. The molecule has 0 saturated carbocycles. The predicted octanol–water partition coefficient (Wildman–Crippen LogP) is 3.32. The molecule has 0 bridgehead atoms. The quantitative estimate of drug-likeness (QED) is 0.798. The molecule has 0 heterocycles. The minimum absolute atomic E-state index is 0.225. The first-order chi connectivity index (χ1) is 8.69. The summed E-state index contributed by atoms with van der Waals surface area (Å²) < 4.78 is 0. The van der Waals surface area contributed by atoms with Crippen LogP contribution in [0.2, 0.25) is 0 Å². The van der Waals surface area contributed by atoms with Crippen LogP contribution in [0.1, 0.15) is 37.8 Å². The zero-order valence-electron chi connectivity index (χ0n) is 11.8. The van der Waals surface area contributed by atoms with Crippen LogP contribution in [-0.2, 0) is 12.8 Å². The average Bonchev–Trinajstić information content (AvgIpc) is 2.44. The number of benzene rings is 1. The molecule has 0 aliphatic heterocycles. The van der Waals surface area contributed by atoms with E-state index in [1.165, 1.54) is 11.1 Å². The number of nitriles is 1. The Bertz CT molecular complexity index is 389. The molecule has 0 aliphatic carbocycles. The Kier molecular flexibility index (Phi) is 5.88. The van der Waals surface area contributed by atoms with Crippen molar-refractivity contribution in [3.8, 4) is 6.07 Å². The van der Waals surface area contributed by atoms with Gasteiger partial charge < -0.3 is 5.32 Å². The Morgan fingerprint density at radius 1 is 1.17 bits per heavy atom. The molecule has 1 aromatic rings. The van der Waals surface area contributed by atoms with E-state index < -0.39 is 0 Å². The van der Waals surface area contributed by atoms with Crippen molar-refractivity contribution in [2.45, 2.75) is 39.5 Å². The zero-order valence-corrected chi connectivity index (χ0v) is 11.8. The highest BCUT2D eigenvalue weighted by molar-refractivity contribution is 5.24. The van der Waals surface area contributed by atoms with E-state index in [0.717, 1.165) is 32.2 Å². The van der Waals surface area contributed by atoms with Crippen LogP contribution in [0.3, 0.4) is 0 Å². The van der Waals surface area contributed by atoms with E-state index in [0.29, 0.717) is 0 Å². The van der Waals surface area contributed by atoms with E-state index in [1.54, 1.807) is 0 Å². The lowest BCUT2D eigenvalue weighted by molar-refractivity contribution is 0.343. The maximum Gasteiger partial charge on any atom is 0.0693 e. The van der Waals surface area contributed by atoms with Crippen LogP contribution < -0.4 is 5.32 Å². The molecule has 1 aromatic carbocycles. The third kappa shape index (κ3) is 3.85. The zero-order chi connectivity index (χ0) is 13.4. The second-order valence-corrected chi connectivity index (χ2v) is 4.95. The molecule has 18 heavy (non-hydrogen) atoms. The second kappa shape index (κ2) is 7.18. The minimum atomic E-state index is -0.225. The van der Waals surface area contributed by atoms with Crippen molar-refractivity contribution in [3.63, 3.8) is 0 Å². The monoisotopic (exact) mass is 244 g/mol. The highest BCUT2D eigenvalue weighted by Crippen LogP contribution is 2.30. The number of nitrogens with zero attached hydrogens (tertiary/aromatic N) is 1. The maximum absolute atomic E-state index is 9.49. The maximum atomic E-state index is 9.49. The van der Waals surface area contributed by atoms with E-state index in [4.69, 9.17) is 0 Å². The molecule has 0 aromatic heterocycles. The Morgan fingerprint density at radius 3 is 2.22 bits per heavy atom. The Balaban J connectivity index is 2.79. The molecule has 0 radical (unpaired) electrons. The van der Waals surface area contributed by atoms with Crippen molar-refractivity contribution in [2.24, 2.45) is 5.41 Å². The van der Waals surface area contributed by atoms with Gasteiger partial charge in [-0.1, -0.05) is 38.1 Å². The van der Waals surface area contributed by atoms with Gasteiger partial charge >= 0.3 is 0 Å². The van der Waals surface area contributed by atoms with Crippen molar-refractivity contribution >= 4 is 0 Å². The summed E-state index contributed by atoms with van der Waals surface area (Å²) in [5.74, 6) is 0. The lowest BCUT2D eigenvalue weighted by Crippen LogP contribution is -2.26. The third-order valence-corrected chi connectivity index (χ3v) is 3.74. The van der Waals surface area contributed by atoms with Crippen LogP contribution in [0.25, 0.3) is 0 Å². The van der Waals surface area contributed by atoms with Gasteiger partial charge in [0.25, 0.3) is 0 Å². The first-order valence-electron chi connectivity index (χ1n) is 6.83. The van der Waals surface area contributed by atoms with Crippen LogP contribution in [0.5, 0.6) is 0 Å². The summed E-state index contributed by atoms with van der Waals surface area (Å²) in [7, 11) is 1.94. The van der Waals surface area contributed by atoms with Crippen molar-refractivity contribution in [3.05, 3.63) is 35.4 Å². The Hall–Kier alpha value is -1.33. The molecular formula is C16H24N2. The van der Waals surface area contributed by atoms with E-state index in [-0.39, 0.29) is 5.41 Å². The van der Waals surface area contributed by atoms with E-state index in [9.17, 15) is 5.26 Å². The molecule has 98 valence electrons. The lowest BCUT2D eigenvalue weighted by atomic mass is 9.77. The summed E-state index contributed by atoms with van der Waals surface area (Å²) in [5.41, 5.74) is 2.40. The van der Waals surface area contributed by atoms with Gasteiger partial charge in [0.15, 0.2) is 0 Å². The summed E-state index contributed by atoms with van der Waals surface area (Å²) in [6.07, 6.45) is 3.73. The number of aryl methyl sites for hydroxylation is 1. The van der Waals surface area contributed by atoms with Gasteiger partial charge in [0.2, 0.25) is 0 Å². The van der Waals surface area contributed by atoms with Gasteiger partial charge in [0.05, 0.1) is 11.5 Å². The molecule has 1 atom stereocenters. The topological polar surface area (TPSA) is 35.8 Å². The number of hydrogen-bond acceptors (Lipinski definition) is 2. The molecule has 0 aliphatic rings. The minimum Gasteiger partial charge on any atom is -0.320 e. The van der Waals surface area contributed by atoms with Crippen LogP contribution >= 0.6 is 0 Å². The van der Waals surface area contributed by atoms with Crippen LogP contribution in [0, 0.1) is 16.7 Å². The van der Waals surface area contributed by atoms with Gasteiger partial charge in [-0.05, 0) is 50.4 Å². The fourth-order valence-corrected chi connectivity index (χ4v) is 2.21. The van der Waals surface area contributed by atoms with Crippen LogP contribution in [0.4, 0.5) is 0 Å². The Labute approximate surface area is 111 Å². The van der Waals surface area contributed by atoms with Crippen molar-refractivity contribution in [2.75, 3.05) is 13.6 Å². The molecule has 1 unspecified atom stereocenters. The summed E-state index contributed by atoms with van der Waals surface area (Å²) in [6, 6.07) is 11.2. The van der Waals surface area contributed by atoms with Crippen LogP contribution in [-0.4, -0.2) is 13.6 Å². The smallest absolute Gasteiger partial charge is 0.0693 e. The van der Waals surface area contributed by atoms with Gasteiger partial charge in [-0.3, -0.25) is 0 Å². The summed E-state index contributed by atoms with van der Waals surface area (Å²) in [5, 5.41) is 12.6. The van der Waals surface area contributed by atoms with E-state index >= 15 is 0 Å². The Morgan fingerprint density at radius 2 is 1.78 bits per heavy atom. The summed E-state index contributed by atoms with van der Waals surface area (Å²) in [4.78, 5) is 0. The van der Waals surface area contributed by atoms with E-state index in [1.807, 2.05) is 7.05 Å². The highest BCUT2D eigenvalue weighted by atomic mass is 14.8. The fraction of sp³-hybridized carbons (Fsp3) is 0.562. The first-order valence-corrected chi connectivity index (χ1v) is 6.83. The molecular weight excluding hydrogens is 220 g/mol. The molecule has 1 rings (SSSR count). The number of hydrogen-bond donors (Lipinski definition) is 1. The molecule has 0 fully saturated rings. The SMILES string of the molecule is CCc1ccc(CC(C#N)(CC)CCNC)cc1. The van der Waals surface area contributed by atoms with Crippen molar-refractivity contribution in [1.82, 2.24) is 5.32 Å². The normalized spacial score (nSPS) is 13.9. The van der Waals surface area contributed by atoms with E-state index in [2.05, 4.69) is 49.5 Å². The standard InChI is InChI=1S/C16H24N2/c1-4-14-6-8-15(9-7-14)12-16(5-2,13-17)10-11-18-3/h6-9,18H,4-5,10-12H2,1-3H3. The fourth-order valence-electron chi connectivity index (χ4n) is 2.21. The van der Waals surface area contributed by atoms with Crippen molar-refractivity contribution in [1.29, 1.82) is 5.26 Å². The molecule has 2 heteroatoms. The van der Waals surface area contributed by atoms with Crippen molar-refractivity contribution < 1.29 is 0 Å². The van der Waals surface area contributed by atoms with Gasteiger partial charge in [-0.2, -0.15) is 5.26 Å². The second-order valence-electron chi connectivity index (χ2n) is 4.95. The summed E-state index contributed by atoms with van der Waals surface area (Å²) >= 11 is 0. The van der Waals surface area contributed by atoms with Gasteiger partial charge in [-0.25, -0.2) is 0 Å². The van der Waals surface area contributed by atoms with Gasteiger partial charge in [0, 0.05) is 0 Å². The molecule has 0 amide bonds. The number of nitrogens with one attached hydrogen (secondary N) is 1. The van der Waals surface area contributed by atoms with Gasteiger partial charge in [-0.15, -0.1) is 0 Å². The van der Waals surface area contributed by atoms with Gasteiger partial charge in [0.1, 0.15) is 0 Å². The summed E-state index contributed by atoms with van der Waals surface area (Å²) in [6.45, 7) is 5.17. The molecule has 0 spiro atoms. The van der Waals surface area contributed by atoms with Crippen LogP contribution in [0.15, 0.2) is 24.3 Å². The third-order valence-electron chi connectivity index (χ3n) is 3.74. The molecule has 2 nitrogen and oxygen atoms in total. The lowest BCUT2D eigenvalue weighted by Gasteiger charge is -2.25. The highest BCUT2D eigenvalue weighted by Gasteiger charge is 2.27. The predicted molar refractivity (Wildman–Crippen MR) is 76.4 cm³/mol. The first kappa shape index (κ1) is 14.7. The number of rotatable bonds is 7. The molecule has 0 saturated heterocycles.